The summed E-state index contributed by atoms with van der Waals surface area (Å²) in [6, 6.07) is 10.2. The number of rotatable bonds is 6. The molecule has 2 N–H and O–H groups in total. The van der Waals surface area contributed by atoms with Crippen molar-refractivity contribution < 1.29 is 9.53 Å². The Kier molecular flexibility index (Phi) is 8.74. The number of hydrogen-bond donors (Lipinski definition) is 1. The highest BCUT2D eigenvalue weighted by atomic mass is 35.5. The Hall–Kier alpha value is -1.10. The first-order valence-electron chi connectivity index (χ1n) is 8.67. The smallest absolute Gasteiger partial charge is 0.228 e. The van der Waals surface area contributed by atoms with Gasteiger partial charge in [0.25, 0.3) is 0 Å². The van der Waals surface area contributed by atoms with Gasteiger partial charge in [-0.3, -0.25) is 4.79 Å². The zero-order chi connectivity index (χ0) is 16.8. The van der Waals surface area contributed by atoms with E-state index in [2.05, 4.69) is 13.8 Å². The van der Waals surface area contributed by atoms with Crippen molar-refractivity contribution in [3.8, 4) is 0 Å². The quantitative estimate of drug-likeness (QED) is 0.851. The molecule has 136 valence electrons. The van der Waals surface area contributed by atoms with Crippen LogP contribution in [0.4, 0.5) is 0 Å². The molecule has 1 fully saturated rings. The SMILES string of the molecule is CC(C)C(N)CCN(C)C(=O)C1CCCOC1c1ccccc1.Cl. The van der Waals surface area contributed by atoms with Crippen LogP contribution in [0.3, 0.4) is 0 Å². The van der Waals surface area contributed by atoms with E-state index in [4.69, 9.17) is 10.5 Å². The molecule has 1 amide bonds. The standard InChI is InChI=1S/C19H30N2O2.ClH/c1-14(2)17(20)11-12-21(3)19(22)16-10-7-13-23-18(16)15-8-5-4-6-9-15;/h4-6,8-9,14,16-18H,7,10-13,20H2,1-3H3;1H. The van der Waals surface area contributed by atoms with Gasteiger partial charge in [-0.2, -0.15) is 0 Å². The number of nitrogens with zero attached hydrogens (tertiary/aromatic N) is 1. The minimum atomic E-state index is -0.126. The molecule has 1 heterocycles. The number of amides is 1. The molecule has 3 atom stereocenters. The van der Waals surface area contributed by atoms with Gasteiger partial charge in [0, 0.05) is 26.2 Å². The van der Waals surface area contributed by atoms with Gasteiger partial charge in [0.05, 0.1) is 12.0 Å². The van der Waals surface area contributed by atoms with Crippen molar-refractivity contribution >= 4 is 18.3 Å². The fraction of sp³-hybridized carbons (Fsp3) is 0.632. The maximum atomic E-state index is 12.9. The third-order valence-corrected chi connectivity index (χ3v) is 4.80. The molecule has 2 rings (SSSR count). The van der Waals surface area contributed by atoms with Crippen molar-refractivity contribution in [2.45, 2.75) is 45.3 Å². The number of nitrogens with two attached hydrogens (primary N) is 1. The number of benzene rings is 1. The molecule has 1 aromatic carbocycles. The van der Waals surface area contributed by atoms with Crippen molar-refractivity contribution in [2.75, 3.05) is 20.2 Å². The van der Waals surface area contributed by atoms with Crippen LogP contribution in [-0.2, 0) is 9.53 Å². The predicted octanol–water partition coefficient (Wildman–Crippen LogP) is 3.41. The first kappa shape index (κ1) is 20.9. The largest absolute Gasteiger partial charge is 0.373 e. The van der Waals surface area contributed by atoms with Gasteiger partial charge in [0.15, 0.2) is 0 Å². The number of carbonyl (C=O) groups excluding carboxylic acids is 1. The number of hydrogen-bond acceptors (Lipinski definition) is 3. The van der Waals surface area contributed by atoms with Crippen LogP contribution in [-0.4, -0.2) is 37.0 Å². The first-order chi connectivity index (χ1) is 11.0. The molecule has 1 saturated heterocycles. The van der Waals surface area contributed by atoms with Crippen molar-refractivity contribution in [1.29, 1.82) is 0 Å². The number of ether oxygens (including phenoxy) is 1. The van der Waals surface area contributed by atoms with E-state index < -0.39 is 0 Å². The van der Waals surface area contributed by atoms with E-state index in [9.17, 15) is 4.79 Å². The highest BCUT2D eigenvalue weighted by Gasteiger charge is 2.34. The zero-order valence-corrected chi connectivity index (χ0v) is 15.8. The highest BCUT2D eigenvalue weighted by Crippen LogP contribution is 2.34. The second-order valence-corrected chi connectivity index (χ2v) is 6.91. The summed E-state index contributed by atoms with van der Waals surface area (Å²) in [5, 5.41) is 0. The van der Waals surface area contributed by atoms with Crippen molar-refractivity contribution in [3.63, 3.8) is 0 Å². The van der Waals surface area contributed by atoms with Gasteiger partial charge >= 0.3 is 0 Å². The second-order valence-electron chi connectivity index (χ2n) is 6.91. The molecule has 5 heteroatoms. The summed E-state index contributed by atoms with van der Waals surface area (Å²) in [4.78, 5) is 14.7. The lowest BCUT2D eigenvalue weighted by atomic mass is 9.88. The molecule has 1 aromatic rings. The maximum Gasteiger partial charge on any atom is 0.228 e. The van der Waals surface area contributed by atoms with E-state index in [1.807, 2.05) is 42.3 Å². The Bertz CT molecular complexity index is 495. The van der Waals surface area contributed by atoms with Gasteiger partial charge in [0.1, 0.15) is 0 Å². The zero-order valence-electron chi connectivity index (χ0n) is 15.0. The summed E-state index contributed by atoms with van der Waals surface area (Å²) in [6.45, 7) is 5.67. The normalized spacial score (nSPS) is 21.9. The highest BCUT2D eigenvalue weighted by molar-refractivity contribution is 5.85. The van der Waals surface area contributed by atoms with E-state index in [0.29, 0.717) is 12.5 Å². The van der Waals surface area contributed by atoms with Gasteiger partial charge in [-0.1, -0.05) is 44.2 Å². The van der Waals surface area contributed by atoms with E-state index in [-0.39, 0.29) is 36.4 Å². The molecular weight excluding hydrogens is 324 g/mol. The fourth-order valence-electron chi connectivity index (χ4n) is 3.07. The fourth-order valence-corrected chi connectivity index (χ4v) is 3.07. The minimum Gasteiger partial charge on any atom is -0.373 e. The van der Waals surface area contributed by atoms with E-state index in [1.165, 1.54) is 0 Å². The minimum absolute atomic E-state index is 0. The third kappa shape index (κ3) is 5.47. The van der Waals surface area contributed by atoms with Gasteiger partial charge in [-0.05, 0) is 30.7 Å². The summed E-state index contributed by atoms with van der Waals surface area (Å²) < 4.78 is 5.94. The van der Waals surface area contributed by atoms with Crippen LogP contribution in [0.2, 0.25) is 0 Å². The van der Waals surface area contributed by atoms with Gasteiger partial charge in [0.2, 0.25) is 5.91 Å². The third-order valence-electron chi connectivity index (χ3n) is 4.80. The van der Waals surface area contributed by atoms with Crippen molar-refractivity contribution in [3.05, 3.63) is 35.9 Å². The summed E-state index contributed by atoms with van der Waals surface area (Å²) in [5.41, 5.74) is 7.19. The molecular formula is C19H31ClN2O2. The lowest BCUT2D eigenvalue weighted by Gasteiger charge is -2.34. The Labute approximate surface area is 152 Å². The molecule has 1 aliphatic heterocycles. The Balaban J connectivity index is 0.00000288. The van der Waals surface area contributed by atoms with Crippen LogP contribution in [0, 0.1) is 11.8 Å². The summed E-state index contributed by atoms with van der Waals surface area (Å²) >= 11 is 0. The molecule has 24 heavy (non-hydrogen) atoms. The molecule has 0 aliphatic carbocycles. The molecule has 0 saturated carbocycles. The molecule has 3 unspecified atom stereocenters. The van der Waals surface area contributed by atoms with E-state index >= 15 is 0 Å². The van der Waals surface area contributed by atoms with Crippen molar-refractivity contribution in [2.24, 2.45) is 17.6 Å². The maximum absolute atomic E-state index is 12.9. The number of halogens is 1. The average molecular weight is 355 g/mol. The first-order valence-corrected chi connectivity index (χ1v) is 8.67. The van der Waals surface area contributed by atoms with Crippen LogP contribution < -0.4 is 5.73 Å². The summed E-state index contributed by atoms with van der Waals surface area (Å²) in [6.07, 6.45) is 2.54. The Morgan fingerprint density at radius 2 is 2.00 bits per heavy atom. The summed E-state index contributed by atoms with van der Waals surface area (Å²) in [5.74, 6) is 0.523. The van der Waals surface area contributed by atoms with Crippen molar-refractivity contribution in [1.82, 2.24) is 4.90 Å². The van der Waals surface area contributed by atoms with Crippen LogP contribution in [0.25, 0.3) is 0 Å². The van der Waals surface area contributed by atoms with Gasteiger partial charge in [-0.25, -0.2) is 0 Å². The molecule has 4 nitrogen and oxygen atoms in total. The average Bonchev–Trinajstić information content (AvgIpc) is 2.59. The van der Waals surface area contributed by atoms with Gasteiger partial charge in [-0.15, -0.1) is 12.4 Å². The predicted molar refractivity (Wildman–Crippen MR) is 100 cm³/mol. The molecule has 0 radical (unpaired) electrons. The van der Waals surface area contributed by atoms with Gasteiger partial charge < -0.3 is 15.4 Å². The molecule has 1 aliphatic rings. The topological polar surface area (TPSA) is 55.6 Å². The lowest BCUT2D eigenvalue weighted by Crippen LogP contribution is -2.41. The van der Waals surface area contributed by atoms with Crippen LogP contribution in [0.5, 0.6) is 0 Å². The van der Waals surface area contributed by atoms with Crippen LogP contribution >= 0.6 is 12.4 Å². The molecule has 0 bridgehead atoms. The molecule has 0 aromatic heterocycles. The van der Waals surface area contributed by atoms with E-state index in [0.717, 1.165) is 31.4 Å². The van der Waals surface area contributed by atoms with Crippen LogP contribution in [0.1, 0.15) is 44.8 Å². The monoisotopic (exact) mass is 354 g/mol. The second kappa shape index (κ2) is 10.0. The van der Waals surface area contributed by atoms with Crippen LogP contribution in [0.15, 0.2) is 30.3 Å². The Morgan fingerprint density at radius 1 is 1.33 bits per heavy atom. The summed E-state index contributed by atoms with van der Waals surface area (Å²) in [7, 11) is 1.88. The van der Waals surface area contributed by atoms with E-state index in [1.54, 1.807) is 0 Å². The lowest BCUT2D eigenvalue weighted by molar-refractivity contribution is -0.144. The molecule has 0 spiro atoms. The Morgan fingerprint density at radius 3 is 2.62 bits per heavy atom. The number of carbonyl (C=O) groups is 1.